The van der Waals surface area contributed by atoms with Crippen LogP contribution in [0, 0.1) is 0 Å². The molecule has 2 aromatic heterocycles. The van der Waals surface area contributed by atoms with Crippen molar-refractivity contribution >= 4 is 43.8 Å². The van der Waals surface area contributed by atoms with E-state index >= 15 is 0 Å². The van der Waals surface area contributed by atoms with Crippen LogP contribution in [0.4, 0.5) is 5.69 Å². The minimum atomic E-state index is -4.44. The number of benzene rings is 2. The number of fused-ring (bicyclic) bond motifs is 2. The van der Waals surface area contributed by atoms with E-state index in [1.807, 2.05) is 30.3 Å². The number of nitrogens with zero attached hydrogens (tertiary/aromatic N) is 3. The molecule has 28 heavy (non-hydrogen) atoms. The number of nitrogens with one attached hydrogen (secondary N) is 1. The number of hydrogen-bond donors (Lipinski definition) is 3. The lowest BCUT2D eigenvalue weighted by Gasteiger charge is -2.06. The molecule has 4 aromatic rings. The summed E-state index contributed by atoms with van der Waals surface area (Å²) in [5, 5.41) is 15.2. The van der Waals surface area contributed by atoms with E-state index in [1.165, 1.54) is 24.4 Å². The molecule has 0 spiro atoms. The predicted molar refractivity (Wildman–Crippen MR) is 106 cm³/mol. The molecule has 0 aliphatic heterocycles. The van der Waals surface area contributed by atoms with Gasteiger partial charge in [-0.25, -0.2) is 4.98 Å². The van der Waals surface area contributed by atoms with Crippen LogP contribution in [0.3, 0.4) is 0 Å². The molecule has 0 saturated carbocycles. The maximum atomic E-state index is 11.5. The van der Waals surface area contributed by atoms with E-state index in [-0.39, 0.29) is 21.5 Å². The molecule has 0 amide bonds. The Morgan fingerprint density at radius 3 is 2.64 bits per heavy atom. The standard InChI is InChI=1S/C19H14N4O4S/c24-16-8-9-17(28(25,26)27)14-7-6-13(22-19(14)16)11-21-23-15-5-1-3-12-4-2-10-20-18(12)15/h1-11,23-24H,(H,25,26,27)/b21-11+. The fourth-order valence-electron chi connectivity index (χ4n) is 2.85. The lowest BCUT2D eigenvalue weighted by molar-refractivity contribution is 0.478. The first-order valence-electron chi connectivity index (χ1n) is 8.16. The van der Waals surface area contributed by atoms with Gasteiger partial charge in [-0.05, 0) is 36.4 Å². The third-order valence-electron chi connectivity index (χ3n) is 4.11. The monoisotopic (exact) mass is 394 g/mol. The molecule has 0 unspecified atom stereocenters. The first kappa shape index (κ1) is 17.8. The third kappa shape index (κ3) is 3.36. The highest BCUT2D eigenvalue weighted by atomic mass is 32.2. The highest BCUT2D eigenvalue weighted by Crippen LogP contribution is 2.28. The van der Waals surface area contributed by atoms with Gasteiger partial charge in [0, 0.05) is 17.0 Å². The van der Waals surface area contributed by atoms with Gasteiger partial charge in [0.1, 0.15) is 16.2 Å². The Balaban J connectivity index is 1.67. The van der Waals surface area contributed by atoms with Crippen LogP contribution in [-0.2, 0) is 10.1 Å². The van der Waals surface area contributed by atoms with Crippen molar-refractivity contribution in [2.75, 3.05) is 5.43 Å². The van der Waals surface area contributed by atoms with Crippen LogP contribution >= 0.6 is 0 Å². The molecule has 140 valence electrons. The van der Waals surface area contributed by atoms with E-state index in [2.05, 4.69) is 20.5 Å². The molecular weight excluding hydrogens is 380 g/mol. The van der Waals surface area contributed by atoms with Crippen LogP contribution < -0.4 is 5.43 Å². The highest BCUT2D eigenvalue weighted by Gasteiger charge is 2.16. The first-order chi connectivity index (χ1) is 13.4. The minimum Gasteiger partial charge on any atom is -0.506 e. The van der Waals surface area contributed by atoms with E-state index < -0.39 is 10.1 Å². The van der Waals surface area contributed by atoms with Gasteiger partial charge in [0.15, 0.2) is 0 Å². The maximum absolute atomic E-state index is 11.5. The van der Waals surface area contributed by atoms with Crippen molar-refractivity contribution in [1.29, 1.82) is 0 Å². The van der Waals surface area contributed by atoms with E-state index in [0.29, 0.717) is 11.4 Å². The lowest BCUT2D eigenvalue weighted by atomic mass is 10.2. The van der Waals surface area contributed by atoms with E-state index in [1.54, 1.807) is 6.20 Å². The van der Waals surface area contributed by atoms with Crippen molar-refractivity contribution in [3.05, 3.63) is 66.5 Å². The number of phenols is 1. The largest absolute Gasteiger partial charge is 0.506 e. The van der Waals surface area contributed by atoms with E-state index in [4.69, 9.17) is 0 Å². The Bertz CT molecular complexity index is 1330. The Morgan fingerprint density at radius 2 is 1.82 bits per heavy atom. The van der Waals surface area contributed by atoms with Crippen LogP contribution in [0.15, 0.2) is 70.8 Å². The third-order valence-corrected chi connectivity index (χ3v) is 5.02. The summed E-state index contributed by atoms with van der Waals surface area (Å²) < 4.78 is 32.3. The molecule has 2 heterocycles. The molecule has 0 bridgehead atoms. The van der Waals surface area contributed by atoms with Gasteiger partial charge in [-0.3, -0.25) is 15.0 Å². The van der Waals surface area contributed by atoms with Gasteiger partial charge in [-0.1, -0.05) is 18.2 Å². The Kier molecular flexibility index (Phi) is 4.38. The number of rotatable bonds is 4. The maximum Gasteiger partial charge on any atom is 0.295 e. The van der Waals surface area contributed by atoms with Crippen molar-refractivity contribution < 1.29 is 18.1 Å². The second kappa shape index (κ2) is 6.87. The average Bonchev–Trinajstić information content (AvgIpc) is 2.68. The smallest absolute Gasteiger partial charge is 0.295 e. The summed E-state index contributed by atoms with van der Waals surface area (Å²) in [6.45, 7) is 0. The summed E-state index contributed by atoms with van der Waals surface area (Å²) in [5.41, 5.74) is 4.82. The number of aromatic hydroxyl groups is 1. The van der Waals surface area contributed by atoms with Gasteiger partial charge >= 0.3 is 0 Å². The molecule has 8 nitrogen and oxygen atoms in total. The van der Waals surface area contributed by atoms with Crippen LogP contribution in [0.2, 0.25) is 0 Å². The predicted octanol–water partition coefficient (Wildman–Crippen LogP) is 3.18. The SMILES string of the molecule is O=S(=O)(O)c1ccc(O)c2nc(/C=N/Nc3cccc4cccnc34)ccc12. The van der Waals surface area contributed by atoms with Crippen LogP contribution in [-0.4, -0.2) is 34.3 Å². The lowest BCUT2D eigenvalue weighted by Crippen LogP contribution is -2.01. The fraction of sp³-hybridized carbons (Fsp3) is 0. The second-order valence-electron chi connectivity index (χ2n) is 5.94. The molecule has 0 saturated heterocycles. The van der Waals surface area contributed by atoms with Gasteiger partial charge in [-0.15, -0.1) is 0 Å². The topological polar surface area (TPSA) is 125 Å². The summed E-state index contributed by atoms with van der Waals surface area (Å²) >= 11 is 0. The fourth-order valence-corrected chi connectivity index (χ4v) is 3.53. The summed E-state index contributed by atoms with van der Waals surface area (Å²) in [5.74, 6) is -0.205. The van der Waals surface area contributed by atoms with Crippen molar-refractivity contribution in [3.8, 4) is 5.75 Å². The molecule has 4 rings (SSSR count). The zero-order valence-corrected chi connectivity index (χ0v) is 15.1. The van der Waals surface area contributed by atoms with Gasteiger partial charge in [0.05, 0.1) is 23.1 Å². The molecular formula is C19H14N4O4S. The molecule has 9 heteroatoms. The minimum absolute atomic E-state index is 0.0471. The molecule has 0 atom stereocenters. The summed E-state index contributed by atoms with van der Waals surface area (Å²) in [6, 6.07) is 14.7. The van der Waals surface area contributed by atoms with Gasteiger partial charge in [0.25, 0.3) is 10.1 Å². The molecule has 0 aliphatic rings. The molecule has 3 N–H and O–H groups in total. The highest BCUT2D eigenvalue weighted by molar-refractivity contribution is 7.86. The number of para-hydroxylation sites is 1. The molecule has 0 aliphatic carbocycles. The average molecular weight is 394 g/mol. The van der Waals surface area contributed by atoms with E-state index in [0.717, 1.165) is 17.0 Å². The van der Waals surface area contributed by atoms with Crippen LogP contribution in [0.1, 0.15) is 5.69 Å². The van der Waals surface area contributed by atoms with Gasteiger partial charge < -0.3 is 5.11 Å². The zero-order valence-electron chi connectivity index (χ0n) is 14.3. The Morgan fingerprint density at radius 1 is 1.00 bits per heavy atom. The number of phenolic OH excluding ortho intramolecular Hbond substituents is 1. The Hall–Kier alpha value is -3.56. The van der Waals surface area contributed by atoms with Gasteiger partial charge in [-0.2, -0.15) is 13.5 Å². The first-order valence-corrected chi connectivity index (χ1v) is 9.60. The van der Waals surface area contributed by atoms with Crippen molar-refractivity contribution in [2.45, 2.75) is 4.90 Å². The molecule has 0 fully saturated rings. The summed E-state index contributed by atoms with van der Waals surface area (Å²) in [6.07, 6.45) is 3.12. The summed E-state index contributed by atoms with van der Waals surface area (Å²) in [7, 11) is -4.44. The van der Waals surface area contributed by atoms with Crippen molar-refractivity contribution in [3.63, 3.8) is 0 Å². The number of hydrazone groups is 1. The normalized spacial score (nSPS) is 12.0. The van der Waals surface area contributed by atoms with Crippen molar-refractivity contribution in [1.82, 2.24) is 9.97 Å². The molecule has 0 radical (unpaired) electrons. The number of pyridine rings is 2. The number of anilines is 1. The van der Waals surface area contributed by atoms with Crippen molar-refractivity contribution in [2.24, 2.45) is 5.10 Å². The van der Waals surface area contributed by atoms with Crippen LogP contribution in [0.25, 0.3) is 21.8 Å². The summed E-state index contributed by atoms with van der Waals surface area (Å²) in [4.78, 5) is 8.22. The molecule has 2 aromatic carbocycles. The van der Waals surface area contributed by atoms with Crippen LogP contribution in [0.5, 0.6) is 5.75 Å². The Labute approximate surface area is 159 Å². The quantitative estimate of drug-likeness (QED) is 0.276. The number of aromatic nitrogens is 2. The second-order valence-corrected chi connectivity index (χ2v) is 7.33. The zero-order chi connectivity index (χ0) is 19.7. The van der Waals surface area contributed by atoms with E-state index in [9.17, 15) is 18.1 Å². The van der Waals surface area contributed by atoms with Gasteiger partial charge in [0.2, 0.25) is 0 Å². The number of hydrogen-bond acceptors (Lipinski definition) is 7.